The van der Waals surface area contributed by atoms with Gasteiger partial charge in [-0.3, -0.25) is 4.79 Å². The molecule has 1 fully saturated rings. The van der Waals surface area contributed by atoms with Crippen molar-refractivity contribution < 1.29 is 13.2 Å². The topological polar surface area (TPSA) is 84.3 Å². The van der Waals surface area contributed by atoms with Crippen LogP contribution >= 0.6 is 11.6 Å². The van der Waals surface area contributed by atoms with Crippen LogP contribution in [0.5, 0.6) is 0 Å². The smallest absolute Gasteiger partial charge is 0.244 e. The summed E-state index contributed by atoms with van der Waals surface area (Å²) in [4.78, 5) is 12.6. The van der Waals surface area contributed by atoms with Gasteiger partial charge in [-0.05, 0) is 48.7 Å². The summed E-state index contributed by atoms with van der Waals surface area (Å²) in [7, 11) is -3.70. The average molecular weight is 459 g/mol. The molecule has 1 aromatic heterocycles. The van der Waals surface area contributed by atoms with Gasteiger partial charge in [0, 0.05) is 25.0 Å². The molecule has 0 radical (unpaired) electrons. The van der Waals surface area contributed by atoms with Gasteiger partial charge in [0.15, 0.2) is 0 Å². The Kier molecular flexibility index (Phi) is 6.41. The molecule has 9 heteroatoms. The number of amides is 1. The zero-order chi connectivity index (χ0) is 21.8. The van der Waals surface area contributed by atoms with Gasteiger partial charge in [-0.15, -0.1) is 0 Å². The molecule has 0 spiro atoms. The molecule has 1 N–H and O–H groups in total. The first-order valence-electron chi connectivity index (χ1n) is 10.1. The minimum absolute atomic E-state index is 0.0192. The normalized spacial score (nSPS) is 15.0. The Morgan fingerprint density at radius 1 is 1.06 bits per heavy atom. The van der Waals surface area contributed by atoms with Gasteiger partial charge in [0.1, 0.15) is 4.90 Å². The first kappa shape index (κ1) is 21.5. The molecule has 7 nitrogen and oxygen atoms in total. The number of nitrogens with one attached hydrogen (secondary N) is 1. The molecule has 1 aliphatic heterocycles. The predicted molar refractivity (Wildman–Crippen MR) is 120 cm³/mol. The maximum absolute atomic E-state index is 13.0. The van der Waals surface area contributed by atoms with E-state index in [-0.39, 0.29) is 22.2 Å². The summed E-state index contributed by atoms with van der Waals surface area (Å²) in [6.45, 7) is 0.974. The van der Waals surface area contributed by atoms with Crippen LogP contribution in [0.4, 0.5) is 5.69 Å². The van der Waals surface area contributed by atoms with E-state index < -0.39 is 10.0 Å². The standard InChI is InChI=1S/C22H23ClN4O3S/c23-20-10-9-18(14-21(20)31(29,30)26-11-5-2-6-12-26)25-22(28)13-17-15-24-27(16-17)19-7-3-1-4-8-19/h1,3-4,7-10,14-16H,2,5-6,11-13H2,(H,25,28). The Morgan fingerprint density at radius 2 is 1.81 bits per heavy atom. The highest BCUT2D eigenvalue weighted by Crippen LogP contribution is 2.29. The zero-order valence-electron chi connectivity index (χ0n) is 16.9. The van der Waals surface area contributed by atoms with Crippen LogP contribution in [-0.4, -0.2) is 41.5 Å². The van der Waals surface area contributed by atoms with Crippen molar-refractivity contribution in [3.8, 4) is 5.69 Å². The van der Waals surface area contributed by atoms with Crippen LogP contribution in [0, 0.1) is 0 Å². The molecule has 0 atom stereocenters. The van der Waals surface area contributed by atoms with Gasteiger partial charge < -0.3 is 5.32 Å². The highest BCUT2D eigenvalue weighted by atomic mass is 35.5. The largest absolute Gasteiger partial charge is 0.326 e. The van der Waals surface area contributed by atoms with Crippen LogP contribution in [0.15, 0.2) is 65.8 Å². The monoisotopic (exact) mass is 458 g/mol. The molecule has 1 saturated heterocycles. The number of hydrogen-bond donors (Lipinski definition) is 1. The van der Waals surface area contributed by atoms with Crippen LogP contribution in [0.3, 0.4) is 0 Å². The fourth-order valence-electron chi connectivity index (χ4n) is 3.59. The second-order valence-electron chi connectivity index (χ2n) is 7.46. The lowest BCUT2D eigenvalue weighted by molar-refractivity contribution is -0.115. The van der Waals surface area contributed by atoms with Crippen molar-refractivity contribution in [3.05, 3.63) is 71.5 Å². The first-order chi connectivity index (χ1) is 14.9. The van der Waals surface area contributed by atoms with E-state index in [1.807, 2.05) is 30.3 Å². The molecule has 4 rings (SSSR count). The third-order valence-electron chi connectivity index (χ3n) is 5.17. The van der Waals surface area contributed by atoms with E-state index in [1.54, 1.807) is 23.1 Å². The Morgan fingerprint density at radius 3 is 2.55 bits per heavy atom. The lowest BCUT2D eigenvalue weighted by Crippen LogP contribution is -2.35. The molecule has 2 aromatic carbocycles. The van der Waals surface area contributed by atoms with E-state index in [2.05, 4.69) is 10.4 Å². The SMILES string of the molecule is O=C(Cc1cnn(-c2ccccc2)c1)Nc1ccc(Cl)c(S(=O)(=O)N2CCCCC2)c1. The van der Waals surface area contributed by atoms with Crippen molar-refractivity contribution in [3.63, 3.8) is 0 Å². The second-order valence-corrected chi connectivity index (χ2v) is 9.78. The Balaban J connectivity index is 1.47. The molecule has 0 aliphatic carbocycles. The molecular formula is C22H23ClN4O3S. The van der Waals surface area contributed by atoms with Crippen LogP contribution in [0.1, 0.15) is 24.8 Å². The summed E-state index contributed by atoms with van der Waals surface area (Å²) < 4.78 is 29.1. The first-order valence-corrected chi connectivity index (χ1v) is 11.9. The molecule has 2 heterocycles. The van der Waals surface area contributed by atoms with Crippen molar-refractivity contribution in [1.29, 1.82) is 0 Å². The van der Waals surface area contributed by atoms with E-state index in [0.717, 1.165) is 30.5 Å². The summed E-state index contributed by atoms with van der Waals surface area (Å²) in [6.07, 6.45) is 6.25. The molecule has 1 aliphatic rings. The molecule has 0 unspecified atom stereocenters. The number of aromatic nitrogens is 2. The van der Waals surface area contributed by atoms with Gasteiger partial charge in [-0.1, -0.05) is 36.2 Å². The lowest BCUT2D eigenvalue weighted by Gasteiger charge is -2.26. The summed E-state index contributed by atoms with van der Waals surface area (Å²) in [5.41, 5.74) is 2.04. The Bertz CT molecular complexity index is 1170. The number of nitrogens with zero attached hydrogens (tertiary/aromatic N) is 3. The second kappa shape index (κ2) is 9.21. The van der Waals surface area contributed by atoms with Crippen molar-refractivity contribution in [2.24, 2.45) is 0 Å². The van der Waals surface area contributed by atoms with E-state index >= 15 is 0 Å². The highest BCUT2D eigenvalue weighted by molar-refractivity contribution is 7.89. The maximum Gasteiger partial charge on any atom is 0.244 e. The Labute approximate surface area is 186 Å². The molecule has 3 aromatic rings. The maximum atomic E-state index is 13.0. The summed E-state index contributed by atoms with van der Waals surface area (Å²) >= 11 is 6.20. The van der Waals surface area contributed by atoms with Crippen molar-refractivity contribution in [2.45, 2.75) is 30.6 Å². The number of anilines is 1. The number of para-hydroxylation sites is 1. The molecule has 31 heavy (non-hydrogen) atoms. The zero-order valence-corrected chi connectivity index (χ0v) is 18.4. The van der Waals surface area contributed by atoms with Gasteiger partial charge in [-0.25, -0.2) is 13.1 Å². The third kappa shape index (κ3) is 4.98. The van der Waals surface area contributed by atoms with Crippen molar-refractivity contribution in [1.82, 2.24) is 14.1 Å². The molecule has 0 bridgehead atoms. The number of sulfonamides is 1. The predicted octanol–water partition coefficient (Wildman–Crippen LogP) is 3.88. The van der Waals surface area contributed by atoms with Crippen molar-refractivity contribution in [2.75, 3.05) is 18.4 Å². The van der Waals surface area contributed by atoms with Gasteiger partial charge >= 0.3 is 0 Å². The van der Waals surface area contributed by atoms with E-state index in [4.69, 9.17) is 11.6 Å². The van der Waals surface area contributed by atoms with Gasteiger partial charge in [0.25, 0.3) is 0 Å². The lowest BCUT2D eigenvalue weighted by atomic mass is 10.2. The van der Waals surface area contributed by atoms with Crippen LogP contribution in [0.2, 0.25) is 5.02 Å². The summed E-state index contributed by atoms with van der Waals surface area (Å²) in [5, 5.41) is 7.20. The quantitative estimate of drug-likeness (QED) is 0.607. The number of hydrogen-bond acceptors (Lipinski definition) is 4. The molecule has 1 amide bonds. The van der Waals surface area contributed by atoms with Crippen molar-refractivity contribution >= 4 is 33.2 Å². The van der Waals surface area contributed by atoms with Crippen LogP contribution in [0.25, 0.3) is 5.69 Å². The Hall–Kier alpha value is -2.68. The summed E-state index contributed by atoms with van der Waals surface area (Å²) in [6, 6.07) is 14.1. The molecule has 162 valence electrons. The number of halogens is 1. The number of carbonyl (C=O) groups excluding carboxylic acids is 1. The minimum atomic E-state index is -3.70. The van der Waals surface area contributed by atoms with Gasteiger partial charge in [-0.2, -0.15) is 9.40 Å². The number of rotatable bonds is 6. The number of piperidine rings is 1. The average Bonchev–Trinajstić information content (AvgIpc) is 3.24. The fraction of sp³-hybridized carbons (Fsp3) is 0.273. The highest BCUT2D eigenvalue weighted by Gasteiger charge is 2.28. The fourth-order valence-corrected chi connectivity index (χ4v) is 5.60. The van der Waals surface area contributed by atoms with E-state index in [9.17, 15) is 13.2 Å². The van der Waals surface area contributed by atoms with E-state index in [0.29, 0.717) is 18.8 Å². The van der Waals surface area contributed by atoms with E-state index in [1.165, 1.54) is 16.4 Å². The molecular weight excluding hydrogens is 436 g/mol. The molecule has 0 saturated carbocycles. The minimum Gasteiger partial charge on any atom is -0.326 e. The summed E-state index contributed by atoms with van der Waals surface area (Å²) in [5.74, 6) is -0.267. The van der Waals surface area contributed by atoms with Crippen LogP contribution in [-0.2, 0) is 21.2 Å². The van der Waals surface area contributed by atoms with Gasteiger partial charge in [0.05, 0.1) is 23.3 Å². The number of benzene rings is 2. The third-order valence-corrected chi connectivity index (χ3v) is 7.55. The number of carbonyl (C=O) groups is 1. The van der Waals surface area contributed by atoms with Gasteiger partial charge in [0.2, 0.25) is 15.9 Å². The van der Waals surface area contributed by atoms with Crippen LogP contribution < -0.4 is 5.32 Å².